The van der Waals surface area contributed by atoms with Gasteiger partial charge in [-0.1, -0.05) is 19.9 Å². The van der Waals surface area contributed by atoms with E-state index in [1.54, 1.807) is 6.07 Å². The minimum absolute atomic E-state index is 0.0184. The SMILES string of the molecule is CC(C)[C@H](N)C(=O)Nc1ccc2c(c1F)CCNC2. The van der Waals surface area contributed by atoms with Crippen LogP contribution >= 0.6 is 0 Å². The lowest BCUT2D eigenvalue weighted by Crippen LogP contribution is -2.40. The number of hydrogen-bond acceptors (Lipinski definition) is 3. The van der Waals surface area contributed by atoms with Crippen molar-refractivity contribution in [2.45, 2.75) is 32.9 Å². The molecule has 19 heavy (non-hydrogen) atoms. The van der Waals surface area contributed by atoms with E-state index >= 15 is 0 Å². The van der Waals surface area contributed by atoms with Crippen LogP contribution in [0.3, 0.4) is 0 Å². The van der Waals surface area contributed by atoms with E-state index < -0.39 is 6.04 Å². The summed E-state index contributed by atoms with van der Waals surface area (Å²) in [7, 11) is 0. The lowest BCUT2D eigenvalue weighted by Gasteiger charge is -2.20. The van der Waals surface area contributed by atoms with E-state index in [2.05, 4.69) is 10.6 Å². The van der Waals surface area contributed by atoms with Crippen LogP contribution in [0.15, 0.2) is 12.1 Å². The van der Waals surface area contributed by atoms with Crippen LogP contribution in [0.25, 0.3) is 0 Å². The number of nitrogens with one attached hydrogen (secondary N) is 2. The molecule has 1 atom stereocenters. The van der Waals surface area contributed by atoms with Gasteiger partial charge in [-0.3, -0.25) is 4.79 Å². The highest BCUT2D eigenvalue weighted by Crippen LogP contribution is 2.24. The van der Waals surface area contributed by atoms with Crippen LogP contribution in [0.2, 0.25) is 0 Å². The van der Waals surface area contributed by atoms with Gasteiger partial charge in [0.15, 0.2) is 0 Å². The Morgan fingerprint density at radius 1 is 1.47 bits per heavy atom. The lowest BCUT2D eigenvalue weighted by atomic mass is 9.99. The van der Waals surface area contributed by atoms with Gasteiger partial charge in [-0.15, -0.1) is 0 Å². The number of carbonyl (C=O) groups excluding carboxylic acids is 1. The van der Waals surface area contributed by atoms with Gasteiger partial charge in [-0.25, -0.2) is 4.39 Å². The number of rotatable bonds is 3. The average molecular weight is 265 g/mol. The molecule has 4 nitrogen and oxygen atoms in total. The van der Waals surface area contributed by atoms with E-state index in [1.165, 1.54) is 0 Å². The molecule has 0 saturated carbocycles. The summed E-state index contributed by atoms with van der Waals surface area (Å²) in [6, 6.07) is 2.82. The molecule has 4 N–H and O–H groups in total. The third kappa shape index (κ3) is 2.93. The highest BCUT2D eigenvalue weighted by molar-refractivity contribution is 5.95. The molecule has 0 unspecified atom stereocenters. The Bertz CT molecular complexity index is 488. The predicted molar refractivity (Wildman–Crippen MR) is 73.3 cm³/mol. The zero-order chi connectivity index (χ0) is 14.0. The van der Waals surface area contributed by atoms with Crippen molar-refractivity contribution in [3.8, 4) is 0 Å². The van der Waals surface area contributed by atoms with Crippen molar-refractivity contribution in [2.24, 2.45) is 11.7 Å². The van der Waals surface area contributed by atoms with Crippen LogP contribution in [-0.4, -0.2) is 18.5 Å². The van der Waals surface area contributed by atoms with Gasteiger partial charge in [0, 0.05) is 6.54 Å². The maximum absolute atomic E-state index is 14.3. The van der Waals surface area contributed by atoms with Crippen molar-refractivity contribution in [3.05, 3.63) is 29.1 Å². The van der Waals surface area contributed by atoms with Crippen molar-refractivity contribution < 1.29 is 9.18 Å². The average Bonchev–Trinajstić information content (AvgIpc) is 2.41. The first kappa shape index (κ1) is 14.0. The Morgan fingerprint density at radius 3 is 2.89 bits per heavy atom. The summed E-state index contributed by atoms with van der Waals surface area (Å²) in [4.78, 5) is 11.9. The first-order valence-electron chi connectivity index (χ1n) is 6.58. The fraction of sp³-hybridized carbons (Fsp3) is 0.500. The predicted octanol–water partition coefficient (Wildman–Crippen LogP) is 1.39. The van der Waals surface area contributed by atoms with Crippen LogP contribution in [0, 0.1) is 11.7 Å². The van der Waals surface area contributed by atoms with E-state index in [9.17, 15) is 9.18 Å². The molecule has 0 saturated heterocycles. The number of benzene rings is 1. The Morgan fingerprint density at radius 2 is 2.21 bits per heavy atom. The quantitative estimate of drug-likeness (QED) is 0.773. The maximum atomic E-state index is 14.3. The Kier molecular flexibility index (Phi) is 4.17. The molecule has 0 aromatic heterocycles. The smallest absolute Gasteiger partial charge is 0.241 e. The number of amides is 1. The van der Waals surface area contributed by atoms with Crippen LogP contribution < -0.4 is 16.4 Å². The third-order valence-electron chi connectivity index (χ3n) is 3.49. The molecule has 0 fully saturated rings. The van der Waals surface area contributed by atoms with Gasteiger partial charge in [0.05, 0.1) is 11.7 Å². The molecule has 5 heteroatoms. The van der Waals surface area contributed by atoms with Gasteiger partial charge in [0.2, 0.25) is 5.91 Å². The largest absolute Gasteiger partial charge is 0.322 e. The first-order valence-corrected chi connectivity index (χ1v) is 6.58. The van der Waals surface area contributed by atoms with Crippen LogP contribution in [-0.2, 0) is 17.8 Å². The molecule has 0 bridgehead atoms. The summed E-state index contributed by atoms with van der Waals surface area (Å²) < 4.78 is 14.3. The van der Waals surface area contributed by atoms with Crippen molar-refractivity contribution in [1.29, 1.82) is 0 Å². The summed E-state index contributed by atoms with van der Waals surface area (Å²) in [5.41, 5.74) is 7.62. The van der Waals surface area contributed by atoms with Gasteiger partial charge in [0.1, 0.15) is 5.82 Å². The van der Waals surface area contributed by atoms with Crippen LogP contribution in [0.1, 0.15) is 25.0 Å². The number of halogens is 1. The van der Waals surface area contributed by atoms with Crippen molar-refractivity contribution in [1.82, 2.24) is 5.32 Å². The molecule has 0 radical (unpaired) electrons. The van der Waals surface area contributed by atoms with Gasteiger partial charge in [-0.05, 0) is 36.1 Å². The van der Waals surface area contributed by atoms with E-state index in [4.69, 9.17) is 5.73 Å². The van der Waals surface area contributed by atoms with E-state index in [-0.39, 0.29) is 23.3 Å². The summed E-state index contributed by atoms with van der Waals surface area (Å²) in [5.74, 6) is -0.657. The van der Waals surface area contributed by atoms with Crippen molar-refractivity contribution >= 4 is 11.6 Å². The second kappa shape index (κ2) is 5.67. The van der Waals surface area contributed by atoms with Gasteiger partial charge in [-0.2, -0.15) is 0 Å². The van der Waals surface area contributed by atoms with Crippen molar-refractivity contribution in [2.75, 3.05) is 11.9 Å². The highest BCUT2D eigenvalue weighted by Gasteiger charge is 2.21. The minimum Gasteiger partial charge on any atom is -0.322 e. The molecule has 0 spiro atoms. The first-order chi connectivity index (χ1) is 9.00. The van der Waals surface area contributed by atoms with E-state index in [0.29, 0.717) is 18.5 Å². The number of carbonyl (C=O) groups is 1. The highest BCUT2D eigenvalue weighted by atomic mass is 19.1. The molecule has 1 heterocycles. The summed E-state index contributed by atoms with van der Waals surface area (Å²) in [6.07, 6.45) is 0.640. The fourth-order valence-electron chi connectivity index (χ4n) is 2.15. The molecule has 1 aromatic carbocycles. The number of hydrogen-bond donors (Lipinski definition) is 3. The summed E-state index contributed by atoms with van der Waals surface area (Å²) in [5, 5.41) is 5.77. The Labute approximate surface area is 112 Å². The monoisotopic (exact) mass is 265 g/mol. The topological polar surface area (TPSA) is 67.2 Å². The molecule has 2 rings (SSSR count). The van der Waals surface area contributed by atoms with E-state index in [0.717, 1.165) is 12.1 Å². The molecule has 1 amide bonds. The van der Waals surface area contributed by atoms with E-state index in [1.807, 2.05) is 19.9 Å². The molecular formula is C14H20FN3O. The fourth-order valence-corrected chi connectivity index (χ4v) is 2.15. The minimum atomic E-state index is -0.628. The standard InChI is InChI=1S/C14H20FN3O/c1-8(2)13(16)14(19)18-11-4-3-9-7-17-6-5-10(9)12(11)15/h3-4,8,13,17H,5-7,16H2,1-2H3,(H,18,19)/t13-/m0/s1. The number of fused-ring (bicyclic) bond motifs is 1. The zero-order valence-electron chi connectivity index (χ0n) is 11.3. The molecule has 0 aliphatic carbocycles. The summed E-state index contributed by atoms with van der Waals surface area (Å²) >= 11 is 0. The summed E-state index contributed by atoms with van der Waals surface area (Å²) in [6.45, 7) is 5.15. The Balaban J connectivity index is 2.20. The molecular weight excluding hydrogens is 245 g/mol. The molecule has 1 aromatic rings. The van der Waals surface area contributed by atoms with Gasteiger partial charge < -0.3 is 16.4 Å². The Hall–Kier alpha value is -1.46. The number of nitrogens with two attached hydrogens (primary N) is 1. The van der Waals surface area contributed by atoms with Gasteiger partial charge >= 0.3 is 0 Å². The lowest BCUT2D eigenvalue weighted by molar-refractivity contribution is -0.118. The van der Waals surface area contributed by atoms with Crippen LogP contribution in [0.5, 0.6) is 0 Å². The second-order valence-corrected chi connectivity index (χ2v) is 5.25. The second-order valence-electron chi connectivity index (χ2n) is 5.25. The molecule has 1 aliphatic heterocycles. The number of anilines is 1. The third-order valence-corrected chi connectivity index (χ3v) is 3.49. The molecule has 1 aliphatic rings. The maximum Gasteiger partial charge on any atom is 0.241 e. The van der Waals surface area contributed by atoms with Gasteiger partial charge in [0.25, 0.3) is 0 Å². The zero-order valence-corrected chi connectivity index (χ0v) is 11.3. The normalized spacial score (nSPS) is 16.1. The van der Waals surface area contributed by atoms with Crippen molar-refractivity contribution in [3.63, 3.8) is 0 Å². The molecule has 104 valence electrons. The van der Waals surface area contributed by atoms with Crippen LogP contribution in [0.4, 0.5) is 10.1 Å².